The lowest BCUT2D eigenvalue weighted by atomic mass is 10.1. The second-order valence-electron chi connectivity index (χ2n) is 8.82. The number of halogens is 1. The molecule has 6 nitrogen and oxygen atoms in total. The van der Waals surface area contributed by atoms with Gasteiger partial charge in [0.25, 0.3) is 11.8 Å². The first-order valence-electron chi connectivity index (χ1n) is 12.6. The molecule has 2 amide bonds. The highest BCUT2D eigenvalue weighted by atomic mass is 19.1. The average Bonchev–Trinajstić information content (AvgIpc) is 2.92. The van der Waals surface area contributed by atoms with Gasteiger partial charge in [-0.25, -0.2) is 4.39 Å². The van der Waals surface area contributed by atoms with Crippen LogP contribution in [0, 0.1) is 5.82 Å². The van der Waals surface area contributed by atoms with Gasteiger partial charge in [-0.15, -0.1) is 0 Å². The molecule has 0 bridgehead atoms. The van der Waals surface area contributed by atoms with E-state index in [1.165, 1.54) is 11.0 Å². The maximum absolute atomic E-state index is 14.3. The van der Waals surface area contributed by atoms with Gasteiger partial charge in [0.15, 0.2) is 11.5 Å². The molecule has 0 aliphatic carbocycles. The molecule has 1 aliphatic rings. The summed E-state index contributed by atoms with van der Waals surface area (Å²) < 4.78 is 20.3. The average molecular weight is 502 g/mol. The number of anilines is 1. The monoisotopic (exact) mass is 501 g/mol. The lowest BCUT2D eigenvalue weighted by Gasteiger charge is -2.30. The van der Waals surface area contributed by atoms with Gasteiger partial charge in [0.2, 0.25) is 0 Å². The molecule has 1 aliphatic heterocycles. The molecule has 192 valence electrons. The van der Waals surface area contributed by atoms with Gasteiger partial charge >= 0.3 is 0 Å². The molecule has 0 atom stereocenters. The van der Waals surface area contributed by atoms with Crippen molar-refractivity contribution >= 4 is 23.6 Å². The second kappa shape index (κ2) is 12.3. The van der Waals surface area contributed by atoms with Gasteiger partial charge < -0.3 is 15.0 Å². The van der Waals surface area contributed by atoms with E-state index in [4.69, 9.17) is 4.74 Å². The summed E-state index contributed by atoms with van der Waals surface area (Å²) in [6.45, 7) is 7.90. The van der Waals surface area contributed by atoms with E-state index in [-0.39, 0.29) is 29.9 Å². The van der Waals surface area contributed by atoms with Crippen molar-refractivity contribution in [2.75, 3.05) is 31.1 Å². The first kappa shape index (κ1) is 26.1. The molecule has 0 radical (unpaired) electrons. The SMILES string of the molecule is CCN(CC)CCCNC(=O)c1ccc(/C=C2\Oc3ccccc3N(Cc3ccccc3F)C2=O)cc1. The zero-order valence-corrected chi connectivity index (χ0v) is 21.2. The van der Waals surface area contributed by atoms with Crippen LogP contribution in [0.2, 0.25) is 0 Å². The Bertz CT molecular complexity index is 1270. The Hall–Kier alpha value is -3.97. The Kier molecular flexibility index (Phi) is 8.69. The first-order chi connectivity index (χ1) is 18.0. The van der Waals surface area contributed by atoms with Crippen molar-refractivity contribution in [3.05, 3.63) is 101 Å². The van der Waals surface area contributed by atoms with Crippen LogP contribution in [-0.4, -0.2) is 42.9 Å². The lowest BCUT2D eigenvalue weighted by molar-refractivity contribution is -0.117. The van der Waals surface area contributed by atoms with E-state index in [1.807, 2.05) is 12.1 Å². The van der Waals surface area contributed by atoms with E-state index >= 15 is 0 Å². The summed E-state index contributed by atoms with van der Waals surface area (Å²) in [5.41, 5.74) is 2.26. The fourth-order valence-electron chi connectivity index (χ4n) is 4.24. The highest BCUT2D eigenvalue weighted by Crippen LogP contribution is 2.36. The van der Waals surface area contributed by atoms with Gasteiger partial charge in [-0.05, 0) is 68.0 Å². The smallest absolute Gasteiger partial charge is 0.294 e. The van der Waals surface area contributed by atoms with Crippen molar-refractivity contribution in [3.63, 3.8) is 0 Å². The van der Waals surface area contributed by atoms with Crippen LogP contribution < -0.4 is 15.0 Å². The van der Waals surface area contributed by atoms with Crippen molar-refractivity contribution in [2.45, 2.75) is 26.8 Å². The number of nitrogens with zero attached hydrogens (tertiary/aromatic N) is 2. The van der Waals surface area contributed by atoms with Crippen LogP contribution >= 0.6 is 0 Å². The maximum Gasteiger partial charge on any atom is 0.294 e. The zero-order chi connectivity index (χ0) is 26.2. The minimum absolute atomic E-state index is 0.0800. The number of hydrogen-bond acceptors (Lipinski definition) is 4. The zero-order valence-electron chi connectivity index (χ0n) is 21.2. The van der Waals surface area contributed by atoms with Crippen molar-refractivity contribution in [1.82, 2.24) is 10.2 Å². The van der Waals surface area contributed by atoms with Gasteiger partial charge in [-0.3, -0.25) is 14.5 Å². The van der Waals surface area contributed by atoms with Crippen LogP contribution in [0.25, 0.3) is 6.08 Å². The summed E-state index contributed by atoms with van der Waals surface area (Å²) in [5.74, 6) is -0.216. The molecule has 37 heavy (non-hydrogen) atoms. The van der Waals surface area contributed by atoms with Crippen LogP contribution in [0.5, 0.6) is 5.75 Å². The minimum atomic E-state index is -0.369. The van der Waals surface area contributed by atoms with E-state index < -0.39 is 0 Å². The van der Waals surface area contributed by atoms with E-state index in [0.29, 0.717) is 34.7 Å². The number of carbonyl (C=O) groups is 2. The van der Waals surface area contributed by atoms with Gasteiger partial charge in [-0.1, -0.05) is 56.3 Å². The second-order valence-corrected chi connectivity index (χ2v) is 8.82. The third-order valence-corrected chi connectivity index (χ3v) is 6.42. The van der Waals surface area contributed by atoms with Crippen molar-refractivity contribution in [2.24, 2.45) is 0 Å². The number of amides is 2. The summed E-state index contributed by atoms with van der Waals surface area (Å²) in [6.07, 6.45) is 2.53. The van der Waals surface area contributed by atoms with Gasteiger partial charge in [0, 0.05) is 17.7 Å². The Morgan fingerprint density at radius 1 is 1.00 bits per heavy atom. The molecular formula is C30H32FN3O3. The van der Waals surface area contributed by atoms with Crippen LogP contribution in [0.3, 0.4) is 0 Å². The van der Waals surface area contributed by atoms with Gasteiger partial charge in [0.05, 0.1) is 12.2 Å². The number of benzene rings is 3. The largest absolute Gasteiger partial charge is 0.449 e. The number of rotatable bonds is 10. The third kappa shape index (κ3) is 6.43. The molecule has 1 heterocycles. The maximum atomic E-state index is 14.3. The number of hydrogen-bond donors (Lipinski definition) is 1. The topological polar surface area (TPSA) is 61.9 Å². The number of para-hydroxylation sites is 2. The molecule has 3 aromatic rings. The Labute approximate surface area is 217 Å². The number of ether oxygens (including phenoxy) is 1. The predicted molar refractivity (Wildman–Crippen MR) is 144 cm³/mol. The Balaban J connectivity index is 1.46. The molecule has 0 spiro atoms. The predicted octanol–water partition coefficient (Wildman–Crippen LogP) is 5.25. The molecule has 3 aromatic carbocycles. The van der Waals surface area contributed by atoms with Gasteiger partial charge in [0.1, 0.15) is 5.82 Å². The molecule has 0 fully saturated rings. The van der Waals surface area contributed by atoms with Crippen LogP contribution in [0.15, 0.2) is 78.6 Å². The fourth-order valence-corrected chi connectivity index (χ4v) is 4.24. The van der Waals surface area contributed by atoms with Crippen LogP contribution in [0.4, 0.5) is 10.1 Å². The lowest BCUT2D eigenvalue weighted by Crippen LogP contribution is -2.37. The van der Waals surface area contributed by atoms with Crippen molar-refractivity contribution in [1.29, 1.82) is 0 Å². The molecule has 0 aromatic heterocycles. The number of carbonyl (C=O) groups excluding carboxylic acids is 2. The normalized spacial score (nSPS) is 14.0. The molecule has 7 heteroatoms. The van der Waals surface area contributed by atoms with E-state index in [1.54, 1.807) is 60.7 Å². The molecule has 1 N–H and O–H groups in total. The first-order valence-corrected chi connectivity index (χ1v) is 12.6. The summed E-state index contributed by atoms with van der Waals surface area (Å²) in [6, 6.07) is 20.6. The quantitative estimate of drug-likeness (QED) is 0.304. The van der Waals surface area contributed by atoms with Crippen LogP contribution in [-0.2, 0) is 11.3 Å². The molecule has 0 saturated carbocycles. The molecule has 4 rings (SSSR count). The summed E-state index contributed by atoms with van der Waals surface area (Å²) in [4.78, 5) is 29.7. The van der Waals surface area contributed by atoms with E-state index in [0.717, 1.165) is 26.1 Å². The van der Waals surface area contributed by atoms with E-state index in [9.17, 15) is 14.0 Å². The fraction of sp³-hybridized carbons (Fsp3) is 0.267. The minimum Gasteiger partial charge on any atom is -0.449 e. The number of nitrogens with one attached hydrogen (secondary N) is 1. The van der Waals surface area contributed by atoms with E-state index in [2.05, 4.69) is 24.1 Å². The van der Waals surface area contributed by atoms with Crippen LogP contribution in [0.1, 0.15) is 41.8 Å². The van der Waals surface area contributed by atoms with Crippen molar-refractivity contribution < 1.29 is 18.7 Å². The summed E-state index contributed by atoms with van der Waals surface area (Å²) >= 11 is 0. The third-order valence-electron chi connectivity index (χ3n) is 6.42. The Morgan fingerprint density at radius 2 is 1.70 bits per heavy atom. The highest BCUT2D eigenvalue weighted by molar-refractivity contribution is 6.09. The standard InChI is InChI=1S/C30H32FN3O3/c1-3-33(4-2)19-9-18-32-29(35)23-16-14-22(15-17-23)20-28-30(36)34(21-24-10-5-6-11-25(24)31)26-12-7-8-13-27(26)37-28/h5-8,10-17,20H,3-4,9,18-19,21H2,1-2H3,(H,32,35)/b28-20-. The Morgan fingerprint density at radius 3 is 2.43 bits per heavy atom. The number of fused-ring (bicyclic) bond motifs is 1. The molecular weight excluding hydrogens is 469 g/mol. The highest BCUT2D eigenvalue weighted by Gasteiger charge is 2.30. The van der Waals surface area contributed by atoms with Crippen molar-refractivity contribution in [3.8, 4) is 5.75 Å². The van der Waals surface area contributed by atoms with Gasteiger partial charge in [-0.2, -0.15) is 0 Å². The molecule has 0 unspecified atom stereocenters. The summed E-state index contributed by atoms with van der Waals surface area (Å²) in [7, 11) is 0. The molecule has 0 saturated heterocycles. The summed E-state index contributed by atoms with van der Waals surface area (Å²) in [5, 5.41) is 2.96.